The van der Waals surface area contributed by atoms with E-state index in [2.05, 4.69) is 59.8 Å². The molecule has 0 aliphatic heterocycles. The highest BCUT2D eigenvalue weighted by Gasteiger charge is 2.20. The number of nitrogens with one attached hydrogen (secondary N) is 2. The Morgan fingerprint density at radius 2 is 1.71 bits per heavy atom. The fourth-order valence-electron chi connectivity index (χ4n) is 2.99. The fraction of sp³-hybridized carbons (Fsp3) is 0.231. The van der Waals surface area contributed by atoms with Crippen molar-refractivity contribution in [1.29, 1.82) is 0 Å². The summed E-state index contributed by atoms with van der Waals surface area (Å²) >= 11 is 5.96. The molecule has 1 atom stereocenters. The number of H-pyrrole nitrogens is 1. The molecule has 0 aliphatic carbocycles. The van der Waals surface area contributed by atoms with E-state index in [0.29, 0.717) is 0 Å². The zero-order valence-corrected chi connectivity index (χ0v) is 18.9. The van der Waals surface area contributed by atoms with Crippen molar-refractivity contribution < 1.29 is 0 Å². The van der Waals surface area contributed by atoms with Gasteiger partial charge < -0.3 is 10.3 Å². The Morgan fingerprint density at radius 3 is 2.39 bits per heavy atom. The lowest BCUT2D eigenvalue weighted by atomic mass is 9.88. The maximum Gasteiger partial charge on any atom is 0.201 e. The van der Waals surface area contributed by atoms with Gasteiger partial charge in [-0.05, 0) is 60.2 Å². The summed E-state index contributed by atoms with van der Waals surface area (Å²) in [7, 11) is 0. The van der Waals surface area contributed by atoms with E-state index in [-0.39, 0.29) is 11.5 Å². The summed E-state index contributed by atoms with van der Waals surface area (Å²) in [6.45, 7) is 8.78. The van der Waals surface area contributed by atoms with Crippen LogP contribution in [0, 0.1) is 17.3 Å². The molecule has 0 amide bonds. The highest BCUT2D eigenvalue weighted by molar-refractivity contribution is 6.30. The molecule has 0 fully saturated rings. The van der Waals surface area contributed by atoms with E-state index in [9.17, 15) is 0 Å². The average molecular weight is 429 g/mol. The van der Waals surface area contributed by atoms with E-state index >= 15 is 0 Å². The predicted octanol–water partition coefficient (Wildman–Crippen LogP) is 6.52. The van der Waals surface area contributed by atoms with Gasteiger partial charge in [-0.25, -0.2) is 9.97 Å². The number of anilines is 1. The minimum Gasteiger partial charge on any atom is -0.353 e. The minimum atomic E-state index is 0.145. The number of aromatic amines is 1. The number of aromatic nitrogens is 3. The van der Waals surface area contributed by atoms with Gasteiger partial charge in [-0.2, -0.15) is 0 Å². The Labute approximate surface area is 188 Å². The van der Waals surface area contributed by atoms with Gasteiger partial charge in [0, 0.05) is 28.4 Å². The first-order chi connectivity index (χ1) is 14.8. The van der Waals surface area contributed by atoms with Crippen LogP contribution in [0.3, 0.4) is 0 Å². The van der Waals surface area contributed by atoms with E-state index in [4.69, 9.17) is 11.6 Å². The third-order valence-electron chi connectivity index (χ3n) is 5.41. The van der Waals surface area contributed by atoms with Crippen molar-refractivity contribution in [2.75, 3.05) is 5.32 Å². The number of halogens is 1. The maximum atomic E-state index is 5.96. The number of imidazole rings is 1. The highest BCUT2D eigenvalue weighted by Crippen LogP contribution is 2.24. The number of hydrogen-bond donors (Lipinski definition) is 2. The Bertz CT molecular complexity index is 1250. The van der Waals surface area contributed by atoms with Gasteiger partial charge in [0.25, 0.3) is 0 Å². The first-order valence-corrected chi connectivity index (χ1v) is 10.7. The molecule has 2 aromatic heterocycles. The van der Waals surface area contributed by atoms with Crippen molar-refractivity contribution in [2.45, 2.75) is 33.7 Å². The summed E-state index contributed by atoms with van der Waals surface area (Å²) < 4.78 is 0. The lowest BCUT2D eigenvalue weighted by Crippen LogP contribution is -2.31. The lowest BCUT2D eigenvalue weighted by molar-refractivity contribution is 0.358. The molecule has 5 heteroatoms. The van der Waals surface area contributed by atoms with Crippen LogP contribution in [0.25, 0.3) is 22.2 Å². The van der Waals surface area contributed by atoms with Gasteiger partial charge in [-0.1, -0.05) is 56.5 Å². The second kappa shape index (κ2) is 8.45. The van der Waals surface area contributed by atoms with Gasteiger partial charge in [0.2, 0.25) is 5.95 Å². The molecule has 1 unspecified atom stereocenters. The van der Waals surface area contributed by atoms with Gasteiger partial charge in [0.1, 0.15) is 5.69 Å². The van der Waals surface area contributed by atoms with E-state index < -0.39 is 0 Å². The first kappa shape index (κ1) is 21.0. The quantitative estimate of drug-likeness (QED) is 0.365. The zero-order valence-electron chi connectivity index (χ0n) is 18.1. The second-order valence-electron chi connectivity index (χ2n) is 8.74. The first-order valence-electron chi connectivity index (χ1n) is 10.3. The van der Waals surface area contributed by atoms with Gasteiger partial charge in [-0.3, -0.25) is 0 Å². The number of benzene rings is 2. The van der Waals surface area contributed by atoms with Crippen LogP contribution < -0.4 is 5.32 Å². The Morgan fingerprint density at radius 1 is 0.968 bits per heavy atom. The molecular weight excluding hydrogens is 404 g/mol. The molecule has 2 N–H and O–H groups in total. The predicted molar refractivity (Wildman–Crippen MR) is 129 cm³/mol. The summed E-state index contributed by atoms with van der Waals surface area (Å²) in [6.07, 6.45) is 1.83. The molecule has 0 spiro atoms. The highest BCUT2D eigenvalue weighted by atomic mass is 35.5. The van der Waals surface area contributed by atoms with Crippen LogP contribution in [0.5, 0.6) is 0 Å². The topological polar surface area (TPSA) is 53.6 Å². The fourth-order valence-corrected chi connectivity index (χ4v) is 3.12. The van der Waals surface area contributed by atoms with Crippen LogP contribution in [0.4, 0.5) is 5.95 Å². The average Bonchev–Trinajstić information content (AvgIpc) is 3.14. The summed E-state index contributed by atoms with van der Waals surface area (Å²) in [5.41, 5.74) is 5.75. The molecule has 0 saturated carbocycles. The molecule has 0 radical (unpaired) electrons. The molecule has 2 heterocycles. The summed E-state index contributed by atoms with van der Waals surface area (Å²) in [5, 5.41) is 4.17. The normalized spacial score (nSPS) is 12.3. The van der Waals surface area contributed by atoms with Crippen LogP contribution in [0.15, 0.2) is 60.8 Å². The molecule has 0 saturated heterocycles. The molecule has 2 aromatic carbocycles. The summed E-state index contributed by atoms with van der Waals surface area (Å²) in [5.74, 6) is 7.11. The van der Waals surface area contributed by atoms with Crippen molar-refractivity contribution in [3.05, 3.63) is 77.1 Å². The lowest BCUT2D eigenvalue weighted by Gasteiger charge is -2.27. The van der Waals surface area contributed by atoms with E-state index in [0.717, 1.165) is 44.4 Å². The van der Waals surface area contributed by atoms with Gasteiger partial charge in [0.05, 0.1) is 11.0 Å². The van der Waals surface area contributed by atoms with Crippen molar-refractivity contribution in [2.24, 2.45) is 5.41 Å². The second-order valence-corrected chi connectivity index (χ2v) is 9.17. The van der Waals surface area contributed by atoms with Crippen molar-refractivity contribution in [3.63, 3.8) is 0 Å². The van der Waals surface area contributed by atoms with E-state index in [1.165, 1.54) is 0 Å². The third-order valence-corrected chi connectivity index (χ3v) is 5.66. The van der Waals surface area contributed by atoms with Crippen LogP contribution in [0.1, 0.15) is 39.0 Å². The Hall–Kier alpha value is -3.29. The molecule has 4 rings (SSSR count). The number of pyridine rings is 1. The molecule has 4 nitrogen and oxygen atoms in total. The molecular formula is C26H25ClN4. The maximum absolute atomic E-state index is 5.96. The van der Waals surface area contributed by atoms with Crippen molar-refractivity contribution >= 4 is 28.6 Å². The Balaban J connectivity index is 1.51. The van der Waals surface area contributed by atoms with Crippen LogP contribution >= 0.6 is 11.6 Å². The monoisotopic (exact) mass is 428 g/mol. The molecule has 4 aromatic rings. The molecule has 0 aliphatic rings. The minimum absolute atomic E-state index is 0.145. The number of hydrogen-bond acceptors (Lipinski definition) is 3. The Kier molecular flexibility index (Phi) is 5.71. The molecule has 31 heavy (non-hydrogen) atoms. The SMILES string of the molecule is CC(Nc1nc2cc(C#Cc3ccc(-c4ccc(Cl)cc4)cn3)ccc2[nH]1)C(C)(C)C. The van der Waals surface area contributed by atoms with Gasteiger partial charge in [0.15, 0.2) is 0 Å². The summed E-state index contributed by atoms with van der Waals surface area (Å²) in [6, 6.07) is 17.9. The third kappa shape index (κ3) is 5.07. The van der Waals surface area contributed by atoms with Gasteiger partial charge in [-0.15, -0.1) is 0 Å². The van der Waals surface area contributed by atoms with Crippen LogP contribution in [0.2, 0.25) is 5.02 Å². The summed E-state index contributed by atoms with van der Waals surface area (Å²) in [4.78, 5) is 12.5. The number of rotatable bonds is 3. The van der Waals surface area contributed by atoms with E-state index in [1.54, 1.807) is 0 Å². The zero-order chi connectivity index (χ0) is 22.0. The smallest absolute Gasteiger partial charge is 0.201 e. The largest absolute Gasteiger partial charge is 0.353 e. The molecule has 0 bridgehead atoms. The van der Waals surface area contributed by atoms with Crippen molar-refractivity contribution in [3.8, 4) is 23.0 Å². The van der Waals surface area contributed by atoms with Gasteiger partial charge >= 0.3 is 0 Å². The van der Waals surface area contributed by atoms with Crippen LogP contribution in [-0.4, -0.2) is 21.0 Å². The number of nitrogens with zero attached hydrogens (tertiary/aromatic N) is 2. The number of fused-ring (bicyclic) bond motifs is 1. The van der Waals surface area contributed by atoms with Crippen LogP contribution in [-0.2, 0) is 0 Å². The standard InChI is InChI=1S/C26H25ClN4/c1-17(26(2,3)4)29-25-30-23-14-6-18(15-24(23)31-25)5-12-22-13-9-20(16-28-22)19-7-10-21(27)11-8-19/h6-11,13-17H,1-4H3,(H2,29,30,31). The van der Waals surface area contributed by atoms with E-state index in [1.807, 2.05) is 60.8 Å². The van der Waals surface area contributed by atoms with Crippen molar-refractivity contribution in [1.82, 2.24) is 15.0 Å². The molecule has 156 valence electrons.